The summed E-state index contributed by atoms with van der Waals surface area (Å²) in [5, 5.41) is 39.4. The molecule has 1 aliphatic heterocycles. The Bertz CT molecular complexity index is 1210. The van der Waals surface area contributed by atoms with Crippen molar-refractivity contribution in [2.24, 2.45) is 0 Å². The molecule has 0 saturated carbocycles. The largest absolute Gasteiger partial charge is 0.464 e. The minimum absolute atomic E-state index is 0.165. The molecule has 4 rings (SSSR count). The Hall–Kier alpha value is -3.16. The van der Waals surface area contributed by atoms with Crippen LogP contribution in [-0.2, 0) is 15.7 Å². The summed E-state index contributed by atoms with van der Waals surface area (Å²) in [7, 11) is 1.03. The summed E-state index contributed by atoms with van der Waals surface area (Å²) in [6.45, 7) is -0.753. The lowest BCUT2D eigenvalue weighted by atomic mass is 9.99. The number of fused-ring (bicyclic) bond motifs is 1. The summed E-state index contributed by atoms with van der Waals surface area (Å²) >= 11 is 0. The molecule has 2 aromatic carbocycles. The number of methoxy groups -OCH3 is 1. The number of ether oxygens (including phenoxy) is 2. The van der Waals surface area contributed by atoms with Crippen molar-refractivity contribution in [2.75, 3.05) is 13.7 Å². The van der Waals surface area contributed by atoms with Crippen LogP contribution >= 0.6 is 0 Å². The lowest BCUT2D eigenvalue weighted by Gasteiger charge is -2.39. The van der Waals surface area contributed by atoms with Gasteiger partial charge in [0.05, 0.1) is 24.8 Å². The SMILES string of the molecule is COC(=O)c1cc2c(C(F)(F)F)cc(-c3ccccc3)cc2n1O[C@@H]1O[C@H](CO)[C@@H](O)[C@H](O)[C@@H]1O. The molecule has 0 spiro atoms. The van der Waals surface area contributed by atoms with Crippen LogP contribution in [0.25, 0.3) is 22.0 Å². The average molecular weight is 497 g/mol. The van der Waals surface area contributed by atoms with E-state index in [-0.39, 0.29) is 16.5 Å². The number of aliphatic hydroxyl groups excluding tert-OH is 4. The van der Waals surface area contributed by atoms with Crippen molar-refractivity contribution in [3.8, 4) is 11.1 Å². The van der Waals surface area contributed by atoms with Crippen molar-refractivity contribution in [2.45, 2.75) is 36.9 Å². The van der Waals surface area contributed by atoms with Crippen molar-refractivity contribution < 1.29 is 52.7 Å². The highest BCUT2D eigenvalue weighted by Gasteiger charge is 2.46. The number of hydrogen-bond acceptors (Lipinski definition) is 8. The second-order valence-electron chi connectivity index (χ2n) is 7.94. The number of aliphatic hydroxyl groups is 4. The topological polar surface area (TPSA) is 131 Å². The molecule has 1 aromatic heterocycles. The van der Waals surface area contributed by atoms with E-state index < -0.39 is 60.7 Å². The fourth-order valence-electron chi connectivity index (χ4n) is 3.93. The van der Waals surface area contributed by atoms with Gasteiger partial charge in [-0.2, -0.15) is 17.9 Å². The number of halogens is 3. The minimum Gasteiger partial charge on any atom is -0.464 e. The maximum Gasteiger partial charge on any atom is 0.417 e. The van der Waals surface area contributed by atoms with E-state index in [1.807, 2.05) is 0 Å². The third-order valence-electron chi connectivity index (χ3n) is 5.74. The lowest BCUT2D eigenvalue weighted by molar-refractivity contribution is -0.299. The Balaban J connectivity index is 1.92. The van der Waals surface area contributed by atoms with Crippen LogP contribution in [0.5, 0.6) is 0 Å². The predicted molar refractivity (Wildman–Crippen MR) is 114 cm³/mol. The Morgan fingerprint density at radius 2 is 1.71 bits per heavy atom. The zero-order valence-electron chi connectivity index (χ0n) is 18.2. The molecule has 4 N–H and O–H groups in total. The molecule has 0 aliphatic carbocycles. The molecule has 2 heterocycles. The molecule has 0 radical (unpaired) electrons. The molecule has 0 bridgehead atoms. The quantitative estimate of drug-likeness (QED) is 0.389. The first-order valence-electron chi connectivity index (χ1n) is 10.4. The summed E-state index contributed by atoms with van der Waals surface area (Å²) in [5.41, 5.74) is -1.07. The smallest absolute Gasteiger partial charge is 0.417 e. The molecule has 35 heavy (non-hydrogen) atoms. The molecule has 0 unspecified atom stereocenters. The number of benzene rings is 2. The van der Waals surface area contributed by atoms with Gasteiger partial charge in [0.15, 0.2) is 5.69 Å². The highest BCUT2D eigenvalue weighted by Crippen LogP contribution is 2.39. The summed E-state index contributed by atoms with van der Waals surface area (Å²) in [6, 6.07) is 11.4. The molecule has 1 saturated heterocycles. The minimum atomic E-state index is -4.80. The average Bonchev–Trinajstić information content (AvgIpc) is 3.21. The first kappa shape index (κ1) is 24.9. The van der Waals surface area contributed by atoms with Crippen LogP contribution in [0.15, 0.2) is 48.5 Å². The van der Waals surface area contributed by atoms with E-state index in [4.69, 9.17) is 9.57 Å². The van der Waals surface area contributed by atoms with Crippen LogP contribution in [0.2, 0.25) is 0 Å². The van der Waals surface area contributed by atoms with E-state index in [1.165, 1.54) is 6.07 Å². The van der Waals surface area contributed by atoms with E-state index >= 15 is 0 Å². The highest BCUT2D eigenvalue weighted by molar-refractivity contribution is 5.98. The van der Waals surface area contributed by atoms with Crippen molar-refractivity contribution >= 4 is 16.9 Å². The van der Waals surface area contributed by atoms with E-state index in [9.17, 15) is 38.4 Å². The molecule has 12 heteroatoms. The van der Waals surface area contributed by atoms with Gasteiger partial charge < -0.3 is 34.7 Å². The van der Waals surface area contributed by atoms with Crippen LogP contribution in [-0.4, -0.2) is 75.5 Å². The maximum absolute atomic E-state index is 14.0. The second-order valence-corrected chi connectivity index (χ2v) is 7.94. The van der Waals surface area contributed by atoms with Gasteiger partial charge in [-0.25, -0.2) is 4.79 Å². The van der Waals surface area contributed by atoms with E-state index in [1.54, 1.807) is 30.3 Å². The van der Waals surface area contributed by atoms with Gasteiger partial charge in [-0.05, 0) is 29.3 Å². The summed E-state index contributed by atoms with van der Waals surface area (Å²) in [4.78, 5) is 18.0. The van der Waals surface area contributed by atoms with Gasteiger partial charge in [-0.15, -0.1) is 0 Å². The van der Waals surface area contributed by atoms with E-state index in [0.29, 0.717) is 5.56 Å². The Morgan fingerprint density at radius 1 is 1.03 bits per heavy atom. The number of alkyl halides is 3. The molecular formula is C23H22F3NO8. The lowest BCUT2D eigenvalue weighted by Crippen LogP contribution is -2.61. The van der Waals surface area contributed by atoms with Crippen molar-refractivity contribution in [1.82, 2.24) is 4.73 Å². The van der Waals surface area contributed by atoms with Gasteiger partial charge in [0, 0.05) is 5.39 Å². The standard InChI is InChI=1S/C23H22F3NO8/c1-33-21(32)16-9-13-14(23(24,25)26)7-12(11-5-3-2-4-6-11)8-15(13)27(16)35-22-20(31)19(30)18(29)17(10-28)34-22/h2-9,17-20,22,28-31H,10H2,1H3/t17-,18-,19+,20+,22+/m1/s1. The van der Waals surface area contributed by atoms with E-state index in [2.05, 4.69) is 4.74 Å². The highest BCUT2D eigenvalue weighted by atomic mass is 19.4. The molecule has 3 aromatic rings. The van der Waals surface area contributed by atoms with E-state index in [0.717, 1.165) is 24.0 Å². The number of hydrogen-bond donors (Lipinski definition) is 4. The van der Waals surface area contributed by atoms with Crippen LogP contribution in [0.1, 0.15) is 16.1 Å². The monoisotopic (exact) mass is 497 g/mol. The van der Waals surface area contributed by atoms with Gasteiger partial charge in [-0.3, -0.25) is 0 Å². The zero-order chi connectivity index (χ0) is 25.5. The molecule has 5 atom stereocenters. The summed E-state index contributed by atoms with van der Waals surface area (Å²) < 4.78 is 52.8. The third kappa shape index (κ3) is 4.58. The number of aromatic nitrogens is 1. The van der Waals surface area contributed by atoms with Gasteiger partial charge in [0.1, 0.15) is 24.4 Å². The van der Waals surface area contributed by atoms with Gasteiger partial charge in [-0.1, -0.05) is 30.3 Å². The first-order valence-corrected chi connectivity index (χ1v) is 10.4. The number of carbonyl (C=O) groups is 1. The maximum atomic E-state index is 14.0. The second kappa shape index (κ2) is 9.47. The molecule has 9 nitrogen and oxygen atoms in total. The van der Waals surface area contributed by atoms with Crippen LogP contribution in [0.3, 0.4) is 0 Å². The van der Waals surface area contributed by atoms with Crippen LogP contribution < -0.4 is 4.84 Å². The molecule has 1 aliphatic rings. The Labute approximate surface area is 196 Å². The first-order chi connectivity index (χ1) is 16.6. The molecular weight excluding hydrogens is 475 g/mol. The fraction of sp³-hybridized carbons (Fsp3) is 0.348. The summed E-state index contributed by atoms with van der Waals surface area (Å²) in [6.07, 6.45) is -13.3. The van der Waals surface area contributed by atoms with Crippen LogP contribution in [0, 0.1) is 0 Å². The Morgan fingerprint density at radius 3 is 2.31 bits per heavy atom. The van der Waals surface area contributed by atoms with Crippen molar-refractivity contribution in [3.63, 3.8) is 0 Å². The molecule has 188 valence electrons. The molecule has 1 fully saturated rings. The number of carbonyl (C=O) groups excluding carboxylic acids is 1. The fourth-order valence-corrected chi connectivity index (χ4v) is 3.93. The zero-order valence-corrected chi connectivity index (χ0v) is 18.2. The van der Waals surface area contributed by atoms with Crippen LogP contribution in [0.4, 0.5) is 13.2 Å². The summed E-state index contributed by atoms with van der Waals surface area (Å²) in [5.74, 6) is -1.04. The number of nitrogens with zero attached hydrogens (tertiary/aromatic N) is 1. The number of rotatable bonds is 5. The van der Waals surface area contributed by atoms with Gasteiger partial charge in [0.25, 0.3) is 6.29 Å². The van der Waals surface area contributed by atoms with Crippen molar-refractivity contribution in [3.05, 3.63) is 59.8 Å². The van der Waals surface area contributed by atoms with Gasteiger partial charge in [0.2, 0.25) is 0 Å². The predicted octanol–water partition coefficient (Wildman–Crippen LogP) is 1.34. The number of esters is 1. The normalized spacial score (nSPS) is 25.0. The van der Waals surface area contributed by atoms with Gasteiger partial charge >= 0.3 is 12.1 Å². The third-order valence-corrected chi connectivity index (χ3v) is 5.74. The van der Waals surface area contributed by atoms with Crippen molar-refractivity contribution in [1.29, 1.82) is 0 Å². The Kier molecular flexibility index (Phi) is 6.75. The molecule has 0 amide bonds.